The largest absolute Gasteiger partial charge is 0.371 e. The van der Waals surface area contributed by atoms with E-state index in [2.05, 4.69) is 9.88 Å². The van der Waals surface area contributed by atoms with Crippen LogP contribution in [0.15, 0.2) is 42.6 Å². The number of carbonyl (C=O) groups excluding carboxylic acids is 1. The van der Waals surface area contributed by atoms with Crippen LogP contribution < -0.4 is 4.90 Å². The number of benzene rings is 1. The minimum absolute atomic E-state index is 0.0346. The lowest BCUT2D eigenvalue weighted by Crippen LogP contribution is -2.38. The van der Waals surface area contributed by atoms with Gasteiger partial charge < -0.3 is 4.90 Å². The molecular formula is C18H19FN2O. The van der Waals surface area contributed by atoms with E-state index in [-0.39, 0.29) is 17.5 Å². The first-order valence-electron chi connectivity index (χ1n) is 7.61. The van der Waals surface area contributed by atoms with Crippen molar-refractivity contribution in [1.29, 1.82) is 0 Å². The molecule has 1 aromatic heterocycles. The van der Waals surface area contributed by atoms with E-state index in [0.717, 1.165) is 30.8 Å². The van der Waals surface area contributed by atoms with E-state index < -0.39 is 0 Å². The zero-order valence-corrected chi connectivity index (χ0v) is 12.6. The van der Waals surface area contributed by atoms with Gasteiger partial charge in [0.2, 0.25) is 0 Å². The van der Waals surface area contributed by atoms with Crippen molar-refractivity contribution in [3.8, 4) is 0 Å². The van der Waals surface area contributed by atoms with Gasteiger partial charge in [-0.1, -0.05) is 0 Å². The summed E-state index contributed by atoms with van der Waals surface area (Å²) in [6.07, 6.45) is 3.67. The van der Waals surface area contributed by atoms with E-state index in [0.29, 0.717) is 12.1 Å². The summed E-state index contributed by atoms with van der Waals surface area (Å²) in [4.78, 5) is 19.0. The minimum atomic E-state index is -0.311. The van der Waals surface area contributed by atoms with Gasteiger partial charge in [0.1, 0.15) is 5.82 Å². The third kappa shape index (κ3) is 3.16. The molecular weight excluding hydrogens is 279 g/mol. The standard InChI is InChI=1S/C18H19FN2O/c1-13-11-17(8-9-20-13)21-10-2-3-15(12-21)18(22)14-4-6-16(19)7-5-14/h4-9,11,15H,2-3,10,12H2,1H3. The predicted octanol–water partition coefficient (Wildman–Crippen LogP) is 3.63. The van der Waals surface area contributed by atoms with Gasteiger partial charge in [-0.15, -0.1) is 0 Å². The van der Waals surface area contributed by atoms with Crippen LogP contribution in [0.2, 0.25) is 0 Å². The lowest BCUT2D eigenvalue weighted by atomic mass is 9.90. The highest BCUT2D eigenvalue weighted by atomic mass is 19.1. The number of aromatic nitrogens is 1. The lowest BCUT2D eigenvalue weighted by Gasteiger charge is -2.33. The fraction of sp³-hybridized carbons (Fsp3) is 0.333. The van der Waals surface area contributed by atoms with Crippen LogP contribution in [0.3, 0.4) is 0 Å². The topological polar surface area (TPSA) is 33.2 Å². The van der Waals surface area contributed by atoms with E-state index in [1.165, 1.54) is 12.1 Å². The highest BCUT2D eigenvalue weighted by Crippen LogP contribution is 2.25. The molecule has 2 aromatic rings. The van der Waals surface area contributed by atoms with Gasteiger partial charge in [-0.05, 0) is 56.2 Å². The average molecular weight is 298 g/mol. The Bertz CT molecular complexity index is 669. The number of aryl methyl sites for hydroxylation is 1. The van der Waals surface area contributed by atoms with Gasteiger partial charge in [-0.3, -0.25) is 9.78 Å². The maximum Gasteiger partial charge on any atom is 0.167 e. The van der Waals surface area contributed by atoms with E-state index >= 15 is 0 Å². The molecule has 0 radical (unpaired) electrons. The van der Waals surface area contributed by atoms with Gasteiger partial charge in [0.15, 0.2) is 5.78 Å². The Kier molecular flexibility index (Phi) is 4.18. The fourth-order valence-corrected chi connectivity index (χ4v) is 3.00. The van der Waals surface area contributed by atoms with E-state index in [1.807, 2.05) is 19.1 Å². The lowest BCUT2D eigenvalue weighted by molar-refractivity contribution is 0.0907. The van der Waals surface area contributed by atoms with Crippen molar-refractivity contribution in [1.82, 2.24) is 4.98 Å². The molecule has 2 heterocycles. The quantitative estimate of drug-likeness (QED) is 0.811. The van der Waals surface area contributed by atoms with Crippen molar-refractivity contribution in [2.24, 2.45) is 5.92 Å². The number of pyridine rings is 1. The minimum Gasteiger partial charge on any atom is -0.371 e. The molecule has 1 aliphatic rings. The summed E-state index contributed by atoms with van der Waals surface area (Å²) < 4.78 is 13.0. The molecule has 0 amide bonds. The molecule has 4 heteroatoms. The van der Waals surface area contributed by atoms with Crippen LogP contribution in [0.25, 0.3) is 0 Å². The van der Waals surface area contributed by atoms with Crippen LogP contribution in [-0.4, -0.2) is 23.9 Å². The normalized spacial score (nSPS) is 18.3. The third-order valence-electron chi connectivity index (χ3n) is 4.17. The third-order valence-corrected chi connectivity index (χ3v) is 4.17. The molecule has 1 aliphatic heterocycles. The summed E-state index contributed by atoms with van der Waals surface area (Å²) in [6.45, 7) is 3.63. The average Bonchev–Trinajstić information content (AvgIpc) is 2.55. The molecule has 3 nitrogen and oxygen atoms in total. The first-order chi connectivity index (χ1) is 10.6. The number of Topliss-reactive ketones (excluding diaryl/α,β-unsaturated/α-hetero) is 1. The molecule has 0 saturated carbocycles. The molecule has 1 fully saturated rings. The first-order valence-corrected chi connectivity index (χ1v) is 7.61. The van der Waals surface area contributed by atoms with Crippen LogP contribution in [-0.2, 0) is 0 Å². The fourth-order valence-electron chi connectivity index (χ4n) is 3.00. The Morgan fingerprint density at radius 3 is 2.77 bits per heavy atom. The molecule has 22 heavy (non-hydrogen) atoms. The Morgan fingerprint density at radius 2 is 2.05 bits per heavy atom. The highest BCUT2D eigenvalue weighted by Gasteiger charge is 2.26. The molecule has 0 N–H and O–H groups in total. The van der Waals surface area contributed by atoms with Gasteiger partial charge in [0, 0.05) is 42.1 Å². The number of carbonyl (C=O) groups is 1. The van der Waals surface area contributed by atoms with Crippen LogP contribution >= 0.6 is 0 Å². The monoisotopic (exact) mass is 298 g/mol. The molecule has 3 rings (SSSR count). The van der Waals surface area contributed by atoms with E-state index in [1.54, 1.807) is 18.3 Å². The summed E-state index contributed by atoms with van der Waals surface area (Å²) in [7, 11) is 0. The zero-order valence-electron chi connectivity index (χ0n) is 12.6. The number of nitrogens with zero attached hydrogens (tertiary/aromatic N) is 2. The number of hydrogen-bond donors (Lipinski definition) is 0. The second-order valence-electron chi connectivity index (χ2n) is 5.81. The number of ketones is 1. The molecule has 0 bridgehead atoms. The SMILES string of the molecule is Cc1cc(N2CCCC(C(=O)c3ccc(F)cc3)C2)ccn1. The number of anilines is 1. The van der Waals surface area contributed by atoms with Crippen molar-refractivity contribution in [2.45, 2.75) is 19.8 Å². The number of rotatable bonds is 3. The molecule has 0 spiro atoms. The molecule has 114 valence electrons. The van der Waals surface area contributed by atoms with Crippen LogP contribution in [0.4, 0.5) is 10.1 Å². The second-order valence-corrected chi connectivity index (χ2v) is 5.81. The van der Waals surface area contributed by atoms with Crippen molar-refractivity contribution in [2.75, 3.05) is 18.0 Å². The number of hydrogen-bond acceptors (Lipinski definition) is 3. The van der Waals surface area contributed by atoms with Gasteiger partial charge in [0.25, 0.3) is 0 Å². The van der Waals surface area contributed by atoms with Gasteiger partial charge in [-0.2, -0.15) is 0 Å². The first kappa shape index (κ1) is 14.7. The Labute approximate surface area is 129 Å². The van der Waals surface area contributed by atoms with E-state index in [4.69, 9.17) is 0 Å². The summed E-state index contributed by atoms with van der Waals surface area (Å²) >= 11 is 0. The van der Waals surface area contributed by atoms with Crippen molar-refractivity contribution in [3.05, 3.63) is 59.7 Å². The highest BCUT2D eigenvalue weighted by molar-refractivity contribution is 5.98. The van der Waals surface area contributed by atoms with Gasteiger partial charge in [0.05, 0.1) is 0 Å². The van der Waals surface area contributed by atoms with E-state index in [9.17, 15) is 9.18 Å². The summed E-state index contributed by atoms with van der Waals surface area (Å²) in [6, 6.07) is 9.88. The molecule has 1 atom stereocenters. The van der Waals surface area contributed by atoms with Crippen LogP contribution in [0.5, 0.6) is 0 Å². The molecule has 0 aliphatic carbocycles. The van der Waals surface area contributed by atoms with Gasteiger partial charge >= 0.3 is 0 Å². The maximum absolute atomic E-state index is 13.0. The number of halogens is 1. The predicted molar refractivity (Wildman–Crippen MR) is 84.6 cm³/mol. The Balaban J connectivity index is 1.75. The van der Waals surface area contributed by atoms with Gasteiger partial charge in [-0.25, -0.2) is 4.39 Å². The van der Waals surface area contributed by atoms with Crippen molar-refractivity contribution >= 4 is 11.5 Å². The summed E-state index contributed by atoms with van der Waals surface area (Å²) in [5.41, 5.74) is 2.69. The molecule has 1 aromatic carbocycles. The zero-order chi connectivity index (χ0) is 15.5. The Morgan fingerprint density at radius 1 is 1.27 bits per heavy atom. The number of piperidine rings is 1. The van der Waals surface area contributed by atoms with Crippen molar-refractivity contribution in [3.63, 3.8) is 0 Å². The van der Waals surface area contributed by atoms with Crippen LogP contribution in [0, 0.1) is 18.7 Å². The summed E-state index contributed by atoms with van der Waals surface area (Å²) in [5.74, 6) is -0.239. The second kappa shape index (κ2) is 6.26. The van der Waals surface area contributed by atoms with Crippen molar-refractivity contribution < 1.29 is 9.18 Å². The molecule has 1 unspecified atom stereocenters. The summed E-state index contributed by atoms with van der Waals surface area (Å²) in [5, 5.41) is 0. The molecule has 1 saturated heterocycles. The maximum atomic E-state index is 13.0. The van der Waals surface area contributed by atoms with Crippen LogP contribution in [0.1, 0.15) is 28.9 Å². The smallest absolute Gasteiger partial charge is 0.167 e. The Hall–Kier alpha value is -2.23.